The van der Waals surface area contributed by atoms with Crippen molar-refractivity contribution in [3.63, 3.8) is 0 Å². The third-order valence-electron chi connectivity index (χ3n) is 1.44. The van der Waals surface area contributed by atoms with Gasteiger partial charge in [0.2, 0.25) is 8.32 Å². The normalized spacial score (nSPS) is 11.0. The molecule has 0 aromatic heterocycles. The van der Waals surface area contributed by atoms with Gasteiger partial charge < -0.3 is 4.43 Å². The minimum Gasteiger partial charge on any atom is -0.548 e. The van der Waals surface area contributed by atoms with Gasteiger partial charge in [-0.1, -0.05) is 30.3 Å². The SMILES string of the molecule is C[Si](C)(C)OC(=[Si])c1ccccc1. The first kappa shape index (κ1) is 10.4. The molecule has 0 N–H and O–H groups in total. The van der Waals surface area contributed by atoms with Crippen LogP contribution < -0.4 is 0 Å². The van der Waals surface area contributed by atoms with Crippen molar-refractivity contribution in [1.29, 1.82) is 0 Å². The predicted octanol–water partition coefficient (Wildman–Crippen LogP) is 2.18. The lowest BCUT2D eigenvalue weighted by molar-refractivity contribution is 0.567. The molecule has 0 atom stereocenters. The molecule has 0 aliphatic rings. The van der Waals surface area contributed by atoms with Crippen LogP contribution in [0.15, 0.2) is 30.3 Å². The van der Waals surface area contributed by atoms with Gasteiger partial charge >= 0.3 is 0 Å². The fourth-order valence-electron chi connectivity index (χ4n) is 0.955. The van der Waals surface area contributed by atoms with Crippen LogP contribution in [0.2, 0.25) is 19.6 Å². The van der Waals surface area contributed by atoms with Crippen molar-refractivity contribution >= 4 is 23.5 Å². The maximum Gasteiger partial charge on any atom is 0.241 e. The molecule has 1 aromatic rings. The van der Waals surface area contributed by atoms with Crippen molar-refractivity contribution < 1.29 is 4.43 Å². The van der Waals surface area contributed by atoms with Gasteiger partial charge in [-0.05, 0) is 19.6 Å². The van der Waals surface area contributed by atoms with Crippen molar-refractivity contribution in [3.8, 4) is 0 Å². The van der Waals surface area contributed by atoms with E-state index in [9.17, 15) is 0 Å². The van der Waals surface area contributed by atoms with E-state index in [2.05, 4.69) is 29.5 Å². The second-order valence-corrected chi connectivity index (χ2v) is 8.79. The van der Waals surface area contributed by atoms with Crippen LogP contribution >= 0.6 is 0 Å². The van der Waals surface area contributed by atoms with Gasteiger partial charge in [0.05, 0.1) is 15.2 Å². The minimum atomic E-state index is -1.49. The van der Waals surface area contributed by atoms with E-state index in [1.807, 2.05) is 30.3 Å². The molecule has 0 saturated heterocycles. The molecule has 0 aliphatic heterocycles. The molecule has 13 heavy (non-hydrogen) atoms. The van der Waals surface area contributed by atoms with Gasteiger partial charge in [0.15, 0.2) is 0 Å². The topological polar surface area (TPSA) is 9.23 Å². The van der Waals surface area contributed by atoms with E-state index in [1.165, 1.54) is 0 Å². The predicted molar refractivity (Wildman–Crippen MR) is 60.7 cm³/mol. The molecule has 1 aromatic carbocycles. The Hall–Kier alpha value is -0.676. The number of hydrogen-bond donors (Lipinski definition) is 0. The van der Waals surface area contributed by atoms with Crippen LogP contribution in [0, 0.1) is 0 Å². The summed E-state index contributed by atoms with van der Waals surface area (Å²) in [5, 5.41) is 0.847. The third-order valence-corrected chi connectivity index (χ3v) is 2.86. The molecule has 0 fully saturated rings. The molecule has 0 spiro atoms. The number of rotatable bonds is 3. The Morgan fingerprint density at radius 1 is 1.15 bits per heavy atom. The molecule has 1 rings (SSSR count). The van der Waals surface area contributed by atoms with Gasteiger partial charge in [0.25, 0.3) is 0 Å². The highest BCUT2D eigenvalue weighted by molar-refractivity contribution is 6.73. The van der Waals surface area contributed by atoms with E-state index >= 15 is 0 Å². The molecule has 0 aliphatic carbocycles. The summed E-state index contributed by atoms with van der Waals surface area (Å²) >= 11 is 0. The standard InChI is InChI=1S/C10H14OSi2/c1-13(2,3)11-10(12)9-7-5-4-6-8-9/h4-8H,1-3H3. The summed E-state index contributed by atoms with van der Waals surface area (Å²) in [5.41, 5.74) is 1.10. The Balaban J connectivity index is 2.71. The lowest BCUT2D eigenvalue weighted by Crippen LogP contribution is -2.29. The summed E-state index contributed by atoms with van der Waals surface area (Å²) in [6, 6.07) is 10.1. The van der Waals surface area contributed by atoms with E-state index in [0.717, 1.165) is 10.9 Å². The Morgan fingerprint density at radius 2 is 1.69 bits per heavy atom. The maximum absolute atomic E-state index is 5.79. The van der Waals surface area contributed by atoms with Gasteiger partial charge in [-0.2, -0.15) is 0 Å². The molecule has 0 amide bonds. The van der Waals surface area contributed by atoms with E-state index in [-0.39, 0.29) is 0 Å². The van der Waals surface area contributed by atoms with Crippen LogP contribution in [0.1, 0.15) is 5.56 Å². The highest BCUT2D eigenvalue weighted by atomic mass is 28.4. The van der Waals surface area contributed by atoms with Gasteiger partial charge in [-0.3, -0.25) is 0 Å². The van der Waals surface area contributed by atoms with Gasteiger partial charge in [-0.25, -0.2) is 0 Å². The lowest BCUT2D eigenvalue weighted by Gasteiger charge is -2.21. The first-order valence-electron chi connectivity index (χ1n) is 4.32. The molecular weight excluding hydrogens is 192 g/mol. The zero-order valence-electron chi connectivity index (χ0n) is 8.29. The summed E-state index contributed by atoms with van der Waals surface area (Å²) in [6.07, 6.45) is 0. The fraction of sp³-hybridized carbons (Fsp3) is 0.300. The van der Waals surface area contributed by atoms with E-state index in [4.69, 9.17) is 4.43 Å². The summed E-state index contributed by atoms with van der Waals surface area (Å²) < 4.78 is 5.79. The van der Waals surface area contributed by atoms with E-state index in [1.54, 1.807) is 0 Å². The average molecular weight is 206 g/mol. The molecule has 1 nitrogen and oxygen atoms in total. The summed E-state index contributed by atoms with van der Waals surface area (Å²) in [6.45, 7) is 6.49. The van der Waals surface area contributed by atoms with Crippen LogP contribution in [0.25, 0.3) is 0 Å². The average Bonchev–Trinajstić information content (AvgIpc) is 2.03. The second kappa shape index (κ2) is 4.02. The Kier molecular flexibility index (Phi) is 3.22. The molecule has 68 valence electrons. The molecule has 0 saturated carbocycles. The Labute approximate surface area is 83.9 Å². The quantitative estimate of drug-likeness (QED) is 0.689. The van der Waals surface area contributed by atoms with Crippen molar-refractivity contribution in [3.05, 3.63) is 35.9 Å². The van der Waals surface area contributed by atoms with Crippen LogP contribution in [0.3, 0.4) is 0 Å². The first-order valence-corrected chi connectivity index (χ1v) is 8.23. The van der Waals surface area contributed by atoms with Crippen molar-refractivity contribution in [2.24, 2.45) is 0 Å². The Bertz CT molecular complexity index is 288. The van der Waals surface area contributed by atoms with Gasteiger partial charge in [0.1, 0.15) is 0 Å². The van der Waals surface area contributed by atoms with E-state index in [0.29, 0.717) is 0 Å². The van der Waals surface area contributed by atoms with Gasteiger partial charge in [-0.15, -0.1) is 0 Å². The van der Waals surface area contributed by atoms with Crippen molar-refractivity contribution in [1.82, 2.24) is 0 Å². The highest BCUT2D eigenvalue weighted by Crippen LogP contribution is 2.07. The molecule has 0 unspecified atom stereocenters. The second-order valence-electron chi connectivity index (χ2n) is 3.91. The van der Waals surface area contributed by atoms with Gasteiger partial charge in [0, 0.05) is 5.56 Å². The summed E-state index contributed by atoms with van der Waals surface area (Å²) in [7, 11) is 2.01. The number of benzene rings is 1. The molecule has 0 heterocycles. The van der Waals surface area contributed by atoms with Crippen molar-refractivity contribution in [2.75, 3.05) is 0 Å². The molecule has 3 heteroatoms. The van der Waals surface area contributed by atoms with Crippen LogP contribution in [-0.4, -0.2) is 23.5 Å². The van der Waals surface area contributed by atoms with E-state index < -0.39 is 8.32 Å². The highest BCUT2D eigenvalue weighted by Gasteiger charge is 2.16. The lowest BCUT2D eigenvalue weighted by atomic mass is 10.2. The fourth-order valence-corrected chi connectivity index (χ4v) is 2.77. The zero-order valence-corrected chi connectivity index (χ0v) is 10.3. The third kappa shape index (κ3) is 3.69. The molecule has 2 radical (unpaired) electrons. The van der Waals surface area contributed by atoms with Crippen LogP contribution in [0.4, 0.5) is 0 Å². The monoisotopic (exact) mass is 206 g/mol. The largest absolute Gasteiger partial charge is 0.548 e. The summed E-state index contributed by atoms with van der Waals surface area (Å²) in [4.78, 5) is 0. The zero-order chi connectivity index (χ0) is 9.90. The molecule has 0 bridgehead atoms. The number of hydrogen-bond acceptors (Lipinski definition) is 1. The van der Waals surface area contributed by atoms with Crippen LogP contribution in [0.5, 0.6) is 0 Å². The summed E-state index contributed by atoms with van der Waals surface area (Å²) in [5.74, 6) is 0. The van der Waals surface area contributed by atoms with Crippen LogP contribution in [-0.2, 0) is 4.43 Å². The smallest absolute Gasteiger partial charge is 0.241 e. The Morgan fingerprint density at radius 3 is 2.15 bits per heavy atom. The maximum atomic E-state index is 5.79. The first-order chi connectivity index (χ1) is 5.99. The molecular formula is C10H14OSi2. The van der Waals surface area contributed by atoms with Crippen molar-refractivity contribution in [2.45, 2.75) is 19.6 Å². The minimum absolute atomic E-state index is 0.847.